The molecule has 0 unspecified atom stereocenters. The molecule has 0 spiro atoms. The highest BCUT2D eigenvalue weighted by Crippen LogP contribution is 2.26. The van der Waals surface area contributed by atoms with Crippen LogP contribution in [0, 0.1) is 0 Å². The van der Waals surface area contributed by atoms with Gasteiger partial charge < -0.3 is 4.42 Å². The van der Waals surface area contributed by atoms with Gasteiger partial charge in [-0.15, -0.1) is 0 Å². The van der Waals surface area contributed by atoms with Gasteiger partial charge in [0.15, 0.2) is 0 Å². The molecule has 0 aliphatic carbocycles. The van der Waals surface area contributed by atoms with Gasteiger partial charge in [-0.05, 0) is 42.5 Å². The Kier molecular flexibility index (Phi) is 5.34. The van der Waals surface area contributed by atoms with Crippen LogP contribution in [0.25, 0.3) is 11.0 Å². The van der Waals surface area contributed by atoms with Crippen LogP contribution >= 0.6 is 0 Å². The van der Waals surface area contributed by atoms with Crippen molar-refractivity contribution in [3.8, 4) is 0 Å². The van der Waals surface area contributed by atoms with E-state index in [-0.39, 0.29) is 5.41 Å². The van der Waals surface area contributed by atoms with E-state index in [1.807, 2.05) is 0 Å². The third-order valence-corrected chi connectivity index (χ3v) is 3.81. The van der Waals surface area contributed by atoms with E-state index >= 15 is 0 Å². The van der Waals surface area contributed by atoms with Gasteiger partial charge in [0.1, 0.15) is 5.58 Å². The smallest absolute Gasteiger partial charge is 0.240 e. The number of unbranched alkanes of at least 4 members (excludes halogenated alkanes) is 1. The molecule has 1 radical (unpaired) electrons. The molecule has 2 heteroatoms. The minimum absolute atomic E-state index is 0.159. The lowest BCUT2D eigenvalue weighted by Crippen LogP contribution is -2.12. The molecule has 0 amide bonds. The molecule has 1 aromatic carbocycles. The molecule has 22 heavy (non-hydrogen) atoms. The van der Waals surface area contributed by atoms with E-state index in [9.17, 15) is 0 Å². The SMILES string of the molecule is C/C=C([B]c1cc2cc(C(C)(C)C)ccc2o1)\C=C/CCC. The summed E-state index contributed by atoms with van der Waals surface area (Å²) in [6.45, 7) is 10.9. The fourth-order valence-electron chi connectivity index (χ4n) is 2.38. The van der Waals surface area contributed by atoms with Crippen LogP contribution in [0.2, 0.25) is 0 Å². The topological polar surface area (TPSA) is 13.1 Å². The second kappa shape index (κ2) is 7.04. The summed E-state index contributed by atoms with van der Waals surface area (Å²) in [5, 5.41) is 1.17. The first-order valence-corrected chi connectivity index (χ1v) is 8.15. The lowest BCUT2D eigenvalue weighted by Gasteiger charge is -2.18. The van der Waals surface area contributed by atoms with Gasteiger partial charge in [-0.1, -0.05) is 63.9 Å². The van der Waals surface area contributed by atoms with Crippen molar-refractivity contribution < 1.29 is 4.42 Å². The lowest BCUT2D eigenvalue weighted by atomic mass is 9.67. The molecule has 0 aliphatic rings. The highest BCUT2D eigenvalue weighted by Gasteiger charge is 2.15. The third kappa shape index (κ3) is 4.16. The molecule has 1 heterocycles. The molecule has 0 atom stereocenters. The summed E-state index contributed by atoms with van der Waals surface area (Å²) in [4.78, 5) is 0. The van der Waals surface area contributed by atoms with Crippen LogP contribution in [-0.2, 0) is 5.41 Å². The van der Waals surface area contributed by atoms with Crippen molar-refractivity contribution >= 4 is 23.9 Å². The van der Waals surface area contributed by atoms with Gasteiger partial charge in [0.25, 0.3) is 0 Å². The Hall–Kier alpha value is -1.70. The summed E-state index contributed by atoms with van der Waals surface area (Å²) in [5.41, 5.74) is 4.54. The number of hydrogen-bond acceptors (Lipinski definition) is 1. The summed E-state index contributed by atoms with van der Waals surface area (Å²) < 4.78 is 5.94. The van der Waals surface area contributed by atoms with E-state index in [4.69, 9.17) is 4.42 Å². The molecule has 0 saturated carbocycles. The largest absolute Gasteiger partial charge is 0.472 e. The Bertz CT molecular complexity index is 683. The third-order valence-electron chi connectivity index (χ3n) is 3.81. The Labute approximate surface area is 135 Å². The van der Waals surface area contributed by atoms with Crippen molar-refractivity contribution in [1.29, 1.82) is 0 Å². The first kappa shape index (κ1) is 16.7. The van der Waals surface area contributed by atoms with E-state index in [2.05, 4.69) is 84.4 Å². The average Bonchev–Trinajstić information content (AvgIpc) is 2.86. The van der Waals surface area contributed by atoms with Crippen LogP contribution in [0.1, 0.15) is 53.0 Å². The second-order valence-electron chi connectivity index (χ2n) is 6.78. The summed E-state index contributed by atoms with van der Waals surface area (Å²) in [7, 11) is 2.10. The predicted molar refractivity (Wildman–Crippen MR) is 98.1 cm³/mol. The molecule has 0 aliphatic heterocycles. The van der Waals surface area contributed by atoms with E-state index < -0.39 is 0 Å². The summed E-state index contributed by atoms with van der Waals surface area (Å²) in [5.74, 6) is 0. The minimum Gasteiger partial charge on any atom is -0.472 e. The highest BCUT2D eigenvalue weighted by molar-refractivity contribution is 6.60. The molecular formula is C20H26BO. The van der Waals surface area contributed by atoms with Crippen molar-refractivity contribution in [2.45, 2.75) is 52.9 Å². The average molecular weight is 293 g/mol. The maximum Gasteiger partial charge on any atom is 0.240 e. The molecule has 1 aromatic heterocycles. The summed E-state index contributed by atoms with van der Waals surface area (Å²) in [6, 6.07) is 8.60. The van der Waals surface area contributed by atoms with Crippen molar-refractivity contribution in [3.63, 3.8) is 0 Å². The molecule has 2 aromatic rings. The number of furan rings is 1. The first-order valence-electron chi connectivity index (χ1n) is 8.15. The van der Waals surface area contributed by atoms with Gasteiger partial charge in [0.2, 0.25) is 7.28 Å². The van der Waals surface area contributed by atoms with Crippen molar-refractivity contribution in [2.24, 2.45) is 0 Å². The molecule has 0 bridgehead atoms. The molecule has 0 N–H and O–H groups in total. The second-order valence-corrected chi connectivity index (χ2v) is 6.78. The van der Waals surface area contributed by atoms with Gasteiger partial charge in [0.05, 0.1) is 5.66 Å². The van der Waals surface area contributed by atoms with Gasteiger partial charge in [-0.3, -0.25) is 0 Å². The molecule has 1 nitrogen and oxygen atoms in total. The highest BCUT2D eigenvalue weighted by atomic mass is 16.3. The predicted octanol–water partition coefficient (Wildman–Crippen LogP) is 5.32. The maximum atomic E-state index is 5.94. The monoisotopic (exact) mass is 293 g/mol. The zero-order valence-electron chi connectivity index (χ0n) is 14.4. The molecule has 2 rings (SSSR count). The number of hydrogen-bond donors (Lipinski definition) is 0. The van der Waals surface area contributed by atoms with Gasteiger partial charge in [0, 0.05) is 5.39 Å². The Morgan fingerprint density at radius 2 is 2.00 bits per heavy atom. The van der Waals surface area contributed by atoms with Gasteiger partial charge in [-0.2, -0.15) is 0 Å². The Balaban J connectivity index is 2.22. The normalized spacial score (nSPS) is 13.2. The molecule has 0 saturated heterocycles. The van der Waals surface area contributed by atoms with Crippen molar-refractivity contribution in [3.05, 3.63) is 53.5 Å². The fourth-order valence-corrected chi connectivity index (χ4v) is 2.38. The quantitative estimate of drug-likeness (QED) is 0.537. The summed E-state index contributed by atoms with van der Waals surface area (Å²) in [6.07, 6.45) is 8.78. The number of rotatable bonds is 5. The first-order chi connectivity index (χ1) is 10.4. The number of allylic oxidation sites excluding steroid dienone is 4. The Morgan fingerprint density at radius 3 is 2.64 bits per heavy atom. The van der Waals surface area contributed by atoms with Crippen LogP contribution in [0.4, 0.5) is 0 Å². The van der Waals surface area contributed by atoms with E-state index in [0.717, 1.165) is 17.7 Å². The number of benzene rings is 1. The molecular weight excluding hydrogens is 267 g/mol. The van der Waals surface area contributed by atoms with Crippen molar-refractivity contribution in [1.82, 2.24) is 0 Å². The standard InChI is InChI=1S/C20H26BO/c1-6-8-9-10-17(7-2)21-19-14-15-13-16(20(3,4)5)11-12-18(15)22-19/h7,9-14H,6,8H2,1-5H3/b10-9-,17-7+. The summed E-state index contributed by atoms with van der Waals surface area (Å²) >= 11 is 0. The lowest BCUT2D eigenvalue weighted by molar-refractivity contribution is 0.590. The maximum absolute atomic E-state index is 5.94. The van der Waals surface area contributed by atoms with Crippen LogP contribution in [0.3, 0.4) is 0 Å². The minimum atomic E-state index is 0.159. The fraction of sp³-hybridized carbons (Fsp3) is 0.400. The van der Waals surface area contributed by atoms with Crippen molar-refractivity contribution in [2.75, 3.05) is 0 Å². The van der Waals surface area contributed by atoms with Crippen LogP contribution in [-0.4, -0.2) is 7.28 Å². The van der Waals surface area contributed by atoms with E-state index in [1.54, 1.807) is 0 Å². The number of fused-ring (bicyclic) bond motifs is 1. The van der Waals surface area contributed by atoms with Gasteiger partial charge >= 0.3 is 0 Å². The zero-order valence-corrected chi connectivity index (χ0v) is 14.4. The zero-order chi connectivity index (χ0) is 16.2. The van der Waals surface area contributed by atoms with Crippen LogP contribution in [0.5, 0.6) is 0 Å². The Morgan fingerprint density at radius 1 is 1.23 bits per heavy atom. The molecule has 115 valence electrons. The van der Waals surface area contributed by atoms with Gasteiger partial charge in [-0.25, -0.2) is 0 Å². The van der Waals surface area contributed by atoms with Crippen LogP contribution in [0.15, 0.2) is 52.4 Å². The molecule has 0 fully saturated rings. The van der Waals surface area contributed by atoms with E-state index in [1.165, 1.54) is 22.8 Å². The van der Waals surface area contributed by atoms with E-state index in [0.29, 0.717) is 0 Å². The van der Waals surface area contributed by atoms with Crippen LogP contribution < -0.4 is 5.66 Å².